The van der Waals surface area contributed by atoms with Gasteiger partial charge in [0.15, 0.2) is 0 Å². The lowest BCUT2D eigenvalue weighted by atomic mass is 9.98. The molecule has 4 atom stereocenters. The molecule has 1 heterocycles. The molecule has 2 N–H and O–H groups in total. The van der Waals surface area contributed by atoms with E-state index in [1.54, 1.807) is 6.07 Å². The van der Waals surface area contributed by atoms with Crippen molar-refractivity contribution in [3.05, 3.63) is 33.8 Å². The zero-order chi connectivity index (χ0) is 15.1. The molecular formula is C16H20Cl2N2O. The van der Waals surface area contributed by atoms with Crippen LogP contribution in [0.2, 0.25) is 10.0 Å². The van der Waals surface area contributed by atoms with Gasteiger partial charge in [0.05, 0.1) is 0 Å². The highest BCUT2D eigenvalue weighted by atomic mass is 35.5. The first-order valence-electron chi connectivity index (χ1n) is 7.47. The van der Waals surface area contributed by atoms with E-state index in [4.69, 9.17) is 28.9 Å². The van der Waals surface area contributed by atoms with Crippen molar-refractivity contribution in [3.8, 4) is 0 Å². The number of carbonyl (C=O) groups is 1. The van der Waals surface area contributed by atoms with E-state index < -0.39 is 0 Å². The molecule has 0 radical (unpaired) electrons. The summed E-state index contributed by atoms with van der Waals surface area (Å²) in [5.74, 6) is 0.600. The number of nitrogens with zero attached hydrogens (tertiary/aromatic N) is 1. The number of benzene rings is 1. The number of amides is 1. The number of halogens is 2. The molecule has 1 aliphatic carbocycles. The maximum absolute atomic E-state index is 12.7. The molecule has 21 heavy (non-hydrogen) atoms. The van der Waals surface area contributed by atoms with E-state index in [1.807, 2.05) is 17.0 Å². The topological polar surface area (TPSA) is 46.3 Å². The van der Waals surface area contributed by atoms with E-state index in [2.05, 4.69) is 6.92 Å². The highest BCUT2D eigenvalue weighted by Crippen LogP contribution is 2.49. The minimum absolute atomic E-state index is 0.0799. The molecule has 2 fully saturated rings. The highest BCUT2D eigenvalue weighted by Gasteiger charge is 2.47. The number of hydrogen-bond donors (Lipinski definition) is 1. The quantitative estimate of drug-likeness (QED) is 0.904. The van der Waals surface area contributed by atoms with Gasteiger partial charge in [-0.2, -0.15) is 0 Å². The van der Waals surface area contributed by atoms with Gasteiger partial charge in [-0.05, 0) is 55.9 Å². The molecule has 1 aromatic rings. The highest BCUT2D eigenvalue weighted by molar-refractivity contribution is 6.34. The first-order valence-corrected chi connectivity index (χ1v) is 8.23. The van der Waals surface area contributed by atoms with Gasteiger partial charge in [0.1, 0.15) is 0 Å². The molecule has 1 saturated heterocycles. The predicted octanol–water partition coefficient (Wildman–Crippen LogP) is 3.44. The Labute approximate surface area is 135 Å². The van der Waals surface area contributed by atoms with Gasteiger partial charge < -0.3 is 10.6 Å². The summed E-state index contributed by atoms with van der Waals surface area (Å²) >= 11 is 12.1. The van der Waals surface area contributed by atoms with Crippen LogP contribution in [-0.2, 0) is 4.79 Å². The van der Waals surface area contributed by atoms with Crippen molar-refractivity contribution in [2.75, 3.05) is 6.54 Å². The average Bonchev–Trinajstić information content (AvgIpc) is 3.17. The zero-order valence-electron chi connectivity index (χ0n) is 12.1. The van der Waals surface area contributed by atoms with Crippen molar-refractivity contribution in [2.45, 2.75) is 44.2 Å². The van der Waals surface area contributed by atoms with Gasteiger partial charge in [0.25, 0.3) is 0 Å². The fraction of sp³-hybridized carbons (Fsp3) is 0.562. The number of nitrogens with two attached hydrogens (primary N) is 1. The van der Waals surface area contributed by atoms with Crippen molar-refractivity contribution in [1.82, 2.24) is 4.90 Å². The first kappa shape index (κ1) is 15.1. The van der Waals surface area contributed by atoms with Gasteiger partial charge in [-0.1, -0.05) is 23.2 Å². The van der Waals surface area contributed by atoms with Crippen LogP contribution < -0.4 is 5.73 Å². The molecule has 0 unspecified atom stereocenters. The largest absolute Gasteiger partial charge is 0.340 e. The number of hydrogen-bond acceptors (Lipinski definition) is 2. The summed E-state index contributed by atoms with van der Waals surface area (Å²) in [6.45, 7) is 2.87. The molecule has 1 aromatic carbocycles. The molecule has 1 amide bonds. The van der Waals surface area contributed by atoms with Gasteiger partial charge in [-0.25, -0.2) is 0 Å². The smallest absolute Gasteiger partial charge is 0.226 e. The number of likely N-dealkylation sites (tertiary alicyclic amines) is 1. The Bertz CT molecular complexity index is 543. The van der Waals surface area contributed by atoms with Crippen molar-refractivity contribution >= 4 is 29.1 Å². The van der Waals surface area contributed by atoms with Gasteiger partial charge in [0.2, 0.25) is 5.91 Å². The van der Waals surface area contributed by atoms with E-state index in [0.717, 1.165) is 31.4 Å². The van der Waals surface area contributed by atoms with Crippen LogP contribution in [0.5, 0.6) is 0 Å². The van der Waals surface area contributed by atoms with Crippen LogP contribution in [-0.4, -0.2) is 29.4 Å². The summed E-state index contributed by atoms with van der Waals surface area (Å²) < 4.78 is 0. The summed E-state index contributed by atoms with van der Waals surface area (Å²) in [5.41, 5.74) is 7.04. The fourth-order valence-corrected chi connectivity index (χ4v) is 3.92. The molecule has 0 bridgehead atoms. The van der Waals surface area contributed by atoms with Crippen molar-refractivity contribution in [1.29, 1.82) is 0 Å². The lowest BCUT2D eigenvalue weighted by molar-refractivity contribution is -0.136. The van der Waals surface area contributed by atoms with E-state index in [-0.39, 0.29) is 29.8 Å². The van der Waals surface area contributed by atoms with Crippen molar-refractivity contribution in [3.63, 3.8) is 0 Å². The Morgan fingerprint density at radius 1 is 1.24 bits per heavy atom. The zero-order valence-corrected chi connectivity index (χ0v) is 13.6. The number of piperidine rings is 1. The molecule has 3 nitrogen and oxygen atoms in total. The molecular weight excluding hydrogens is 307 g/mol. The second-order valence-corrected chi connectivity index (χ2v) is 7.19. The Balaban J connectivity index is 1.68. The predicted molar refractivity (Wildman–Crippen MR) is 85.7 cm³/mol. The van der Waals surface area contributed by atoms with Gasteiger partial charge in [-0.15, -0.1) is 0 Å². The van der Waals surface area contributed by atoms with Crippen LogP contribution >= 0.6 is 23.2 Å². The van der Waals surface area contributed by atoms with Crippen LogP contribution in [0, 0.1) is 5.92 Å². The van der Waals surface area contributed by atoms with Crippen LogP contribution in [0.3, 0.4) is 0 Å². The molecule has 1 aliphatic heterocycles. The SMILES string of the molecule is C[C@@H]1C[C@H](N)CCN1C(=O)[C@@H]1C[C@@H]1c1cc(Cl)cc(Cl)c1. The minimum Gasteiger partial charge on any atom is -0.340 e. The maximum Gasteiger partial charge on any atom is 0.226 e. The second-order valence-electron chi connectivity index (χ2n) is 6.32. The lowest BCUT2D eigenvalue weighted by Gasteiger charge is -2.36. The molecule has 2 aliphatic rings. The summed E-state index contributed by atoms with van der Waals surface area (Å²) in [4.78, 5) is 14.7. The Kier molecular flexibility index (Phi) is 4.17. The fourth-order valence-electron chi connectivity index (χ4n) is 3.37. The molecule has 1 saturated carbocycles. The Morgan fingerprint density at radius 3 is 2.52 bits per heavy atom. The van der Waals surface area contributed by atoms with E-state index in [1.165, 1.54) is 0 Å². The van der Waals surface area contributed by atoms with E-state index in [9.17, 15) is 4.79 Å². The molecule has 0 aromatic heterocycles. The van der Waals surface area contributed by atoms with Crippen molar-refractivity contribution < 1.29 is 4.79 Å². The Morgan fingerprint density at radius 2 is 1.90 bits per heavy atom. The van der Waals surface area contributed by atoms with E-state index >= 15 is 0 Å². The summed E-state index contributed by atoms with van der Waals surface area (Å²) in [6, 6.07) is 6.03. The number of carbonyl (C=O) groups excluding carboxylic acids is 1. The maximum atomic E-state index is 12.7. The van der Waals surface area contributed by atoms with Crippen molar-refractivity contribution in [2.24, 2.45) is 11.7 Å². The van der Waals surface area contributed by atoms with Crippen LogP contribution in [0.4, 0.5) is 0 Å². The average molecular weight is 327 g/mol. The first-order chi connectivity index (χ1) is 9.95. The normalized spacial score (nSPS) is 32.1. The van der Waals surface area contributed by atoms with Crippen LogP contribution in [0.15, 0.2) is 18.2 Å². The molecule has 3 rings (SSSR count). The third-order valence-electron chi connectivity index (χ3n) is 4.62. The molecule has 5 heteroatoms. The molecule has 0 spiro atoms. The second kappa shape index (κ2) is 5.79. The van der Waals surface area contributed by atoms with Gasteiger partial charge in [-0.3, -0.25) is 4.79 Å². The lowest BCUT2D eigenvalue weighted by Crippen LogP contribution is -2.49. The standard InChI is InChI=1S/C16H20Cl2N2O/c1-9-4-13(19)2-3-20(9)16(21)15-8-14(15)10-5-11(17)7-12(18)6-10/h5-7,9,13-15H,2-4,8,19H2,1H3/t9-,13-,14-,15-/m1/s1. The minimum atomic E-state index is 0.0799. The summed E-state index contributed by atoms with van der Waals surface area (Å²) in [6.07, 6.45) is 2.69. The summed E-state index contributed by atoms with van der Waals surface area (Å²) in [7, 11) is 0. The summed E-state index contributed by atoms with van der Waals surface area (Å²) in [5, 5.41) is 1.26. The third-order valence-corrected chi connectivity index (χ3v) is 5.06. The van der Waals surface area contributed by atoms with E-state index in [0.29, 0.717) is 10.0 Å². The van der Waals surface area contributed by atoms with Crippen LogP contribution in [0.25, 0.3) is 0 Å². The molecule has 114 valence electrons. The third kappa shape index (κ3) is 3.20. The monoisotopic (exact) mass is 326 g/mol. The van der Waals surface area contributed by atoms with Gasteiger partial charge >= 0.3 is 0 Å². The number of rotatable bonds is 2. The van der Waals surface area contributed by atoms with Crippen LogP contribution in [0.1, 0.15) is 37.7 Å². The Hall–Kier alpha value is -0.770. The van der Waals surface area contributed by atoms with Gasteiger partial charge in [0, 0.05) is 34.6 Å².